The van der Waals surface area contributed by atoms with Gasteiger partial charge in [-0.15, -0.1) is 0 Å². The van der Waals surface area contributed by atoms with Crippen LogP contribution in [0.4, 0.5) is 51.2 Å². The van der Waals surface area contributed by atoms with Crippen molar-refractivity contribution < 1.29 is 13.3 Å². The molecule has 1 N–H and O–H groups in total. The number of halogens is 8. The van der Waals surface area contributed by atoms with Gasteiger partial charge in [0.25, 0.3) is 0 Å². The molecule has 2 heterocycles. The van der Waals surface area contributed by atoms with E-state index in [0.717, 1.165) is 51.3 Å². The second-order valence-corrected chi connectivity index (χ2v) is 96.8. The van der Waals surface area contributed by atoms with Gasteiger partial charge >= 0.3 is 77.0 Å². The molecule has 0 radical (unpaired) electrons. The zero-order valence-corrected chi connectivity index (χ0v) is 69.9. The molecule has 492 valence electrons. The van der Waals surface area contributed by atoms with Crippen LogP contribution in [0, 0.1) is 0 Å². The molecular weight excluding hydrogens is 1760 g/mol. The summed E-state index contributed by atoms with van der Waals surface area (Å²) >= 11 is 28.0. The summed E-state index contributed by atoms with van der Waals surface area (Å²) in [7, 11) is -0.245. The van der Waals surface area contributed by atoms with Gasteiger partial charge in [-0.2, -0.15) is 0 Å². The zero-order chi connectivity index (χ0) is 67.0. The molecule has 12 heteroatoms. The molecule has 0 bridgehead atoms. The summed E-state index contributed by atoms with van der Waals surface area (Å²) in [6.07, 6.45) is 9.86. The van der Waals surface area contributed by atoms with Crippen molar-refractivity contribution >= 4 is 150 Å². The first-order chi connectivity index (χ1) is 43.1. The van der Waals surface area contributed by atoms with Crippen molar-refractivity contribution in [3.8, 4) is 0 Å². The van der Waals surface area contributed by atoms with E-state index in [2.05, 4.69) is 350 Å². The number of nitrogens with one attached hydrogen (secondary N) is 1. The molecule has 0 aromatic heterocycles. The minimum absolute atomic E-state index is 0.0234. The van der Waals surface area contributed by atoms with Crippen LogP contribution >= 0.6 is 98.5 Å². The fourth-order valence-corrected chi connectivity index (χ4v) is 15.4. The van der Waals surface area contributed by atoms with Crippen molar-refractivity contribution in [2.75, 3.05) is 20.0 Å². The monoisotopic (exact) mass is 1850 g/mol. The molecule has 0 spiro atoms. The molecule has 2 saturated carbocycles. The Bertz CT molecular complexity index is 3680. The van der Waals surface area contributed by atoms with E-state index in [9.17, 15) is 0 Å². The Labute approximate surface area is 611 Å². The Balaban J connectivity index is 0.000000171. The standard InChI is InChI=1S/C40H47ClN2.C20H21Cl2N.C20H27N.I5/c1-37(2,3)28-15-19-31(20-16-28)42(32-21-17-29(18-22-32)38(4,5)6)33-25-30(41)26-34(27-33)43-36-14-10-9-13-35(36)39(7)23-11-12-24-40(39,43)8;1-19-9-5-6-10-20(19,2)23(18-8-4-3-7-17(18)19)16-12-14(21)11-15(22)13-16;1-19(2,3)15-7-11-17(12-8-15)21-18-13-9-16(10-14-18)20(4,5)6;1-4-5(2)3/h9-10,13-22,25-27H,11-12,23-24H2,1-8H3;3-4,7-8,11-13H,5-6,9-10H2,1-2H3;7-14,21H,1-6H3;/q;;;-1. The molecule has 8 aromatic carbocycles. The summed E-state index contributed by atoms with van der Waals surface area (Å²) in [6, 6.07) is 65.9. The van der Waals surface area contributed by atoms with Crippen LogP contribution in [0.3, 0.4) is 0 Å². The van der Waals surface area contributed by atoms with E-state index >= 15 is 0 Å². The van der Waals surface area contributed by atoms with Crippen LogP contribution in [0.15, 0.2) is 182 Å². The summed E-state index contributed by atoms with van der Waals surface area (Å²) in [5.41, 5.74) is 19.6. The summed E-state index contributed by atoms with van der Waals surface area (Å²) in [4.78, 5) is 7.46. The van der Waals surface area contributed by atoms with E-state index in [1.54, 1.807) is 6.07 Å². The van der Waals surface area contributed by atoms with Gasteiger partial charge in [0.2, 0.25) is 0 Å². The van der Waals surface area contributed by atoms with Crippen molar-refractivity contribution in [1.29, 1.82) is 0 Å². The zero-order valence-electron chi connectivity index (χ0n) is 56.8. The second kappa shape index (κ2) is 29.5. The van der Waals surface area contributed by atoms with Crippen molar-refractivity contribution in [3.63, 3.8) is 0 Å². The minimum atomic E-state index is -0.245. The molecule has 12 rings (SSSR count). The maximum atomic E-state index is 7.05. The molecule has 0 amide bonds. The predicted molar refractivity (Wildman–Crippen MR) is 435 cm³/mol. The normalized spacial score (nSPS) is 21.0. The number of para-hydroxylation sites is 2. The first-order valence-electron chi connectivity index (χ1n) is 32.5. The molecular formula is C80H95Cl3I5N4-. The second-order valence-electron chi connectivity index (χ2n) is 30.6. The Morgan fingerprint density at radius 1 is 0.413 bits per heavy atom. The number of benzene rings is 8. The Morgan fingerprint density at radius 3 is 1.05 bits per heavy atom. The Morgan fingerprint density at radius 2 is 0.717 bits per heavy atom. The third-order valence-electron chi connectivity index (χ3n) is 20.3. The number of hydrogen-bond acceptors (Lipinski definition) is 4. The summed E-state index contributed by atoms with van der Waals surface area (Å²) in [5.74, 6) is 0. The van der Waals surface area contributed by atoms with Crippen LogP contribution in [0.2, 0.25) is 15.1 Å². The van der Waals surface area contributed by atoms with E-state index < -0.39 is 0 Å². The van der Waals surface area contributed by atoms with Gasteiger partial charge in [0.05, 0.1) is 11.1 Å². The van der Waals surface area contributed by atoms with Gasteiger partial charge in [0.15, 0.2) is 0 Å². The number of anilines is 9. The first-order valence-corrected chi connectivity index (χ1v) is 58.7. The van der Waals surface area contributed by atoms with Crippen molar-refractivity contribution in [2.24, 2.45) is 0 Å². The van der Waals surface area contributed by atoms with Crippen LogP contribution in [-0.2, 0) is 32.5 Å². The predicted octanol–water partition coefficient (Wildman–Crippen LogP) is 25.5. The van der Waals surface area contributed by atoms with Crippen molar-refractivity contribution in [3.05, 3.63) is 230 Å². The quantitative estimate of drug-likeness (QED) is 0.153. The van der Waals surface area contributed by atoms with Crippen LogP contribution in [0.1, 0.15) is 196 Å². The van der Waals surface area contributed by atoms with Crippen LogP contribution in [-0.4, -0.2) is 11.1 Å². The molecule has 2 aliphatic heterocycles. The molecule has 4 nitrogen and oxygen atoms in total. The van der Waals surface area contributed by atoms with Crippen LogP contribution < -0.4 is 33.3 Å². The van der Waals surface area contributed by atoms with Crippen molar-refractivity contribution in [1.82, 2.24) is 0 Å². The van der Waals surface area contributed by atoms with E-state index in [1.165, 1.54) is 89.7 Å². The number of nitrogens with zero attached hydrogens (tertiary/aromatic N) is 3. The van der Waals surface area contributed by atoms with Gasteiger partial charge in [-0.1, -0.05) is 242 Å². The number of hydrogen-bond donors (Lipinski definition) is 1. The summed E-state index contributed by atoms with van der Waals surface area (Å²) in [5, 5.41) is 5.60. The number of fused-ring (bicyclic) bond motifs is 6. The summed E-state index contributed by atoms with van der Waals surface area (Å²) in [6.45, 7) is 36.8. The number of rotatable bonds is 8. The van der Waals surface area contributed by atoms with Gasteiger partial charge in [0, 0.05) is 77.1 Å². The molecule has 4 atom stereocenters. The SMILES string of the molecule is CC(C)(C)c1ccc(N(c2ccc(C(C)(C)C)cc2)c2cc(Cl)cc(N3c4ccccc4C4(C)CCCCC34C)c2)cc1.CC(C)(C)c1ccc(Nc2ccc(C(C)(C)C)cc2)cc1.CC12CCCCC1(C)N(c1cc(Cl)cc(Cl)c1)c1ccccc12.I[I-]I(I)I. The van der Waals surface area contributed by atoms with Gasteiger partial charge < -0.3 is 20.0 Å². The van der Waals surface area contributed by atoms with E-state index in [-0.39, 0.29) is 51.5 Å². The van der Waals surface area contributed by atoms with E-state index in [4.69, 9.17) is 34.8 Å². The van der Waals surface area contributed by atoms with Crippen molar-refractivity contribution in [2.45, 2.75) is 206 Å². The van der Waals surface area contributed by atoms with Crippen LogP contribution in [0.25, 0.3) is 0 Å². The van der Waals surface area contributed by atoms with E-state index in [0.29, 0.717) is 23.3 Å². The molecule has 2 fully saturated rings. The molecule has 92 heavy (non-hydrogen) atoms. The van der Waals surface area contributed by atoms with Gasteiger partial charge in [0.1, 0.15) is 0 Å². The first kappa shape index (κ1) is 73.7. The molecule has 4 aliphatic rings. The fraction of sp³-hybridized carbons (Fsp3) is 0.400. The van der Waals surface area contributed by atoms with Gasteiger partial charge in [-0.05, 0) is 192 Å². The maximum absolute atomic E-state index is 7.05. The topological polar surface area (TPSA) is 21.8 Å². The van der Waals surface area contributed by atoms with E-state index in [1.807, 2.05) is 12.1 Å². The Kier molecular flexibility index (Phi) is 23.6. The molecule has 8 aromatic rings. The average molecular weight is 1850 g/mol. The van der Waals surface area contributed by atoms with Crippen LogP contribution in [0.5, 0.6) is 0 Å². The van der Waals surface area contributed by atoms with Gasteiger partial charge in [-0.3, -0.25) is 0 Å². The van der Waals surface area contributed by atoms with Gasteiger partial charge in [-0.25, -0.2) is 0 Å². The molecule has 4 unspecified atom stereocenters. The average Bonchev–Trinajstić information content (AvgIpc) is 1.55. The molecule has 2 aliphatic carbocycles. The Hall–Kier alpha value is -2.52. The summed E-state index contributed by atoms with van der Waals surface area (Å²) < 4.78 is 0. The third-order valence-corrected chi connectivity index (χ3v) is 104. The fourth-order valence-electron chi connectivity index (χ4n) is 14.6. The third kappa shape index (κ3) is 16.1. The molecule has 0 saturated heterocycles.